The molecule has 3 rings (SSSR count). The number of hydrogen-bond donors (Lipinski definition) is 1. The molecule has 0 unspecified atom stereocenters. The third-order valence-corrected chi connectivity index (χ3v) is 6.89. The summed E-state index contributed by atoms with van der Waals surface area (Å²) in [5.41, 5.74) is 8.08. The first-order chi connectivity index (χ1) is 10.0. The number of thiophene rings is 1. The van der Waals surface area contributed by atoms with Gasteiger partial charge in [0, 0.05) is 20.1 Å². The van der Waals surface area contributed by atoms with Crippen LogP contribution in [0, 0.1) is 0 Å². The third-order valence-electron chi connectivity index (χ3n) is 3.61. The number of rotatable bonds is 3. The fourth-order valence-electron chi connectivity index (χ4n) is 2.43. The van der Waals surface area contributed by atoms with E-state index in [4.69, 9.17) is 5.73 Å². The van der Waals surface area contributed by atoms with E-state index in [0.717, 1.165) is 16.9 Å². The molecule has 21 heavy (non-hydrogen) atoms. The van der Waals surface area contributed by atoms with Gasteiger partial charge in [-0.05, 0) is 29.1 Å². The lowest BCUT2D eigenvalue weighted by Crippen LogP contribution is -2.42. The Morgan fingerprint density at radius 3 is 2.62 bits per heavy atom. The van der Waals surface area contributed by atoms with Crippen LogP contribution in [0.5, 0.6) is 0 Å². The van der Waals surface area contributed by atoms with Gasteiger partial charge < -0.3 is 10.6 Å². The lowest BCUT2D eigenvalue weighted by Gasteiger charge is -2.35. The quantitative estimate of drug-likeness (QED) is 0.936. The molecule has 1 aromatic carbocycles. The van der Waals surface area contributed by atoms with Crippen molar-refractivity contribution in [2.45, 2.75) is 10.8 Å². The van der Waals surface area contributed by atoms with E-state index >= 15 is 0 Å². The van der Waals surface area contributed by atoms with Crippen LogP contribution in [-0.2, 0) is 16.6 Å². The Morgan fingerprint density at radius 1 is 1.24 bits per heavy atom. The highest BCUT2D eigenvalue weighted by Crippen LogP contribution is 2.36. The molecular formula is C14H17N3O2S2. The van der Waals surface area contributed by atoms with Gasteiger partial charge in [0.2, 0.25) is 0 Å². The lowest BCUT2D eigenvalue weighted by molar-refractivity contribution is 0.591. The van der Waals surface area contributed by atoms with Gasteiger partial charge >= 0.3 is 0 Å². The molecule has 2 N–H and O–H groups in total. The zero-order valence-electron chi connectivity index (χ0n) is 11.7. The van der Waals surface area contributed by atoms with Crippen molar-refractivity contribution in [1.82, 2.24) is 0 Å². The van der Waals surface area contributed by atoms with E-state index in [9.17, 15) is 8.42 Å². The average Bonchev–Trinajstić information content (AvgIpc) is 2.97. The summed E-state index contributed by atoms with van der Waals surface area (Å²) in [7, 11) is -1.55. The van der Waals surface area contributed by atoms with Crippen molar-refractivity contribution >= 4 is 32.7 Å². The molecule has 0 amide bonds. The monoisotopic (exact) mass is 323 g/mol. The first kappa shape index (κ1) is 14.4. The third kappa shape index (κ3) is 2.41. The van der Waals surface area contributed by atoms with Crippen molar-refractivity contribution in [2.75, 3.05) is 29.3 Å². The van der Waals surface area contributed by atoms with Crippen molar-refractivity contribution in [3.8, 4) is 0 Å². The van der Waals surface area contributed by atoms with Crippen LogP contribution < -0.4 is 14.9 Å². The molecule has 2 aromatic rings. The fourth-order valence-corrected chi connectivity index (χ4v) is 5.24. The summed E-state index contributed by atoms with van der Waals surface area (Å²) in [6.45, 7) is 1.47. The highest BCUT2D eigenvalue weighted by Gasteiger charge is 2.31. The first-order valence-electron chi connectivity index (χ1n) is 6.64. The summed E-state index contributed by atoms with van der Waals surface area (Å²) in [4.78, 5) is 2.07. The van der Waals surface area contributed by atoms with Gasteiger partial charge in [-0.3, -0.25) is 4.31 Å². The average molecular weight is 323 g/mol. The molecule has 0 saturated heterocycles. The number of anilines is 2. The molecular weight excluding hydrogens is 306 g/mol. The van der Waals surface area contributed by atoms with Crippen LogP contribution in [0.4, 0.5) is 11.4 Å². The van der Waals surface area contributed by atoms with Crippen molar-refractivity contribution < 1.29 is 8.42 Å². The van der Waals surface area contributed by atoms with E-state index in [-0.39, 0.29) is 0 Å². The Balaban J connectivity index is 2.06. The maximum atomic E-state index is 12.9. The number of sulfonamides is 1. The zero-order valence-corrected chi connectivity index (χ0v) is 13.3. The molecule has 0 bridgehead atoms. The summed E-state index contributed by atoms with van der Waals surface area (Å²) in [6, 6.07) is 9.24. The largest absolute Gasteiger partial charge is 0.371 e. The van der Waals surface area contributed by atoms with Crippen LogP contribution in [0.15, 0.2) is 39.9 Å². The van der Waals surface area contributed by atoms with Gasteiger partial charge in [-0.2, -0.15) is 0 Å². The number of para-hydroxylation sites is 2. The second-order valence-corrected chi connectivity index (χ2v) is 7.97. The van der Waals surface area contributed by atoms with Gasteiger partial charge in [0.25, 0.3) is 10.0 Å². The van der Waals surface area contributed by atoms with Crippen molar-refractivity contribution in [1.29, 1.82) is 0 Å². The normalized spacial score (nSPS) is 15.1. The van der Waals surface area contributed by atoms with Crippen LogP contribution in [0.2, 0.25) is 0 Å². The summed E-state index contributed by atoms with van der Waals surface area (Å²) in [5.74, 6) is 0. The number of nitrogens with zero attached hydrogens (tertiary/aromatic N) is 2. The maximum Gasteiger partial charge on any atom is 0.273 e. The summed E-state index contributed by atoms with van der Waals surface area (Å²) < 4.78 is 27.6. The summed E-state index contributed by atoms with van der Waals surface area (Å²) >= 11 is 1.23. The molecule has 112 valence electrons. The number of benzene rings is 1. The highest BCUT2D eigenvalue weighted by atomic mass is 32.2. The summed E-state index contributed by atoms with van der Waals surface area (Å²) in [5, 5.41) is 1.80. The van der Waals surface area contributed by atoms with Gasteiger partial charge in [-0.25, -0.2) is 8.42 Å². The Kier molecular flexibility index (Phi) is 3.64. The predicted molar refractivity (Wildman–Crippen MR) is 86.5 cm³/mol. The second-order valence-electron chi connectivity index (χ2n) is 4.97. The topological polar surface area (TPSA) is 66.6 Å². The van der Waals surface area contributed by atoms with Gasteiger partial charge in [0.1, 0.15) is 4.21 Å². The second kappa shape index (κ2) is 5.32. The Labute approximate surface area is 128 Å². The molecule has 0 spiro atoms. The van der Waals surface area contributed by atoms with Crippen LogP contribution >= 0.6 is 11.3 Å². The number of fused-ring (bicyclic) bond motifs is 1. The molecule has 0 aliphatic carbocycles. The van der Waals surface area contributed by atoms with E-state index in [1.165, 1.54) is 15.6 Å². The van der Waals surface area contributed by atoms with Crippen LogP contribution in [0.25, 0.3) is 0 Å². The maximum absolute atomic E-state index is 12.9. The first-order valence-corrected chi connectivity index (χ1v) is 8.96. The van der Waals surface area contributed by atoms with E-state index in [1.54, 1.807) is 11.4 Å². The molecule has 7 heteroatoms. The summed E-state index contributed by atoms with van der Waals surface area (Å²) in [6.07, 6.45) is 0. The van der Waals surface area contributed by atoms with E-state index in [2.05, 4.69) is 4.90 Å². The molecule has 1 aliphatic heterocycles. The number of nitrogens with two attached hydrogens (primary N) is 1. The van der Waals surface area contributed by atoms with Crippen LogP contribution in [0.3, 0.4) is 0 Å². The molecule has 0 atom stereocenters. The van der Waals surface area contributed by atoms with Gasteiger partial charge in [0.15, 0.2) is 0 Å². The number of likely N-dealkylation sites (N-methyl/N-ethyl adjacent to an activating group) is 1. The number of hydrogen-bond acceptors (Lipinski definition) is 5. The predicted octanol–water partition coefficient (Wildman–Crippen LogP) is 1.85. The van der Waals surface area contributed by atoms with Crippen LogP contribution in [0.1, 0.15) is 5.56 Å². The highest BCUT2D eigenvalue weighted by molar-refractivity contribution is 7.94. The zero-order chi connectivity index (χ0) is 15.0. The van der Waals surface area contributed by atoms with Gasteiger partial charge in [0.05, 0.1) is 17.9 Å². The molecule has 1 aliphatic rings. The SMILES string of the molecule is CN1CCN(S(=O)(=O)c2cc(CN)cs2)c2ccccc21. The minimum absolute atomic E-state index is 0.349. The van der Waals surface area contributed by atoms with E-state index in [0.29, 0.717) is 23.8 Å². The fraction of sp³-hybridized carbons (Fsp3) is 0.286. The lowest BCUT2D eigenvalue weighted by atomic mass is 10.2. The van der Waals surface area contributed by atoms with Crippen molar-refractivity contribution in [2.24, 2.45) is 5.73 Å². The Hall–Kier alpha value is -1.57. The van der Waals surface area contributed by atoms with Gasteiger partial charge in [-0.1, -0.05) is 12.1 Å². The van der Waals surface area contributed by atoms with Crippen LogP contribution in [-0.4, -0.2) is 28.6 Å². The standard InChI is InChI=1S/C14H17N3O2S2/c1-16-6-7-17(13-5-3-2-4-12(13)16)21(18,19)14-8-11(9-15)10-20-14/h2-5,8,10H,6-7,9,15H2,1H3. The Bertz CT molecular complexity index is 755. The van der Waals surface area contributed by atoms with Crippen molar-refractivity contribution in [3.05, 3.63) is 41.3 Å². The molecule has 0 saturated carbocycles. The smallest absolute Gasteiger partial charge is 0.273 e. The Morgan fingerprint density at radius 2 is 1.95 bits per heavy atom. The molecule has 0 radical (unpaired) electrons. The van der Waals surface area contributed by atoms with E-state index in [1.807, 2.05) is 31.3 Å². The van der Waals surface area contributed by atoms with E-state index < -0.39 is 10.0 Å². The van der Waals surface area contributed by atoms with Crippen molar-refractivity contribution in [3.63, 3.8) is 0 Å². The minimum Gasteiger partial charge on any atom is -0.371 e. The molecule has 5 nitrogen and oxygen atoms in total. The molecule has 1 aromatic heterocycles. The minimum atomic E-state index is -3.52. The molecule has 0 fully saturated rings. The van der Waals surface area contributed by atoms with Gasteiger partial charge in [-0.15, -0.1) is 11.3 Å². The molecule has 2 heterocycles.